The smallest absolute Gasteiger partial charge is 0.190 e. The molecule has 1 heterocycles. The molecule has 0 aromatic rings. The van der Waals surface area contributed by atoms with Crippen LogP contribution >= 0.6 is 0 Å². The zero-order valence-corrected chi connectivity index (χ0v) is 16.0. The number of fused-ring (bicyclic) bond motifs is 1. The molecular weight excluding hydrogens is 316 g/mol. The van der Waals surface area contributed by atoms with Gasteiger partial charge in [0, 0.05) is 17.9 Å². The van der Waals surface area contributed by atoms with E-state index in [0.717, 1.165) is 31.4 Å². The average Bonchev–Trinajstić information content (AvgIpc) is 2.86. The molecule has 0 aromatic heterocycles. The lowest BCUT2D eigenvalue weighted by molar-refractivity contribution is -0.130. The van der Waals surface area contributed by atoms with E-state index in [4.69, 9.17) is 4.74 Å². The van der Waals surface area contributed by atoms with Gasteiger partial charge in [-0.15, -0.1) is 0 Å². The quantitative estimate of drug-likeness (QED) is 0.761. The molecule has 2 aliphatic carbocycles. The highest BCUT2D eigenvalue weighted by molar-refractivity contribution is 6.00. The van der Waals surface area contributed by atoms with Crippen molar-refractivity contribution in [3.8, 4) is 0 Å². The molecule has 0 unspecified atom stereocenters. The maximum Gasteiger partial charge on any atom is 0.190 e. The van der Waals surface area contributed by atoms with Crippen LogP contribution in [-0.4, -0.2) is 33.3 Å². The van der Waals surface area contributed by atoms with Crippen LogP contribution in [0.2, 0.25) is 0 Å². The highest BCUT2D eigenvalue weighted by Gasteiger charge is 2.56. The third-order valence-corrected chi connectivity index (χ3v) is 6.59. The molecule has 4 heteroatoms. The van der Waals surface area contributed by atoms with Crippen molar-refractivity contribution in [1.82, 2.24) is 0 Å². The Hall–Kier alpha value is -1.13. The van der Waals surface area contributed by atoms with Gasteiger partial charge in [0.1, 0.15) is 17.5 Å². The van der Waals surface area contributed by atoms with Crippen LogP contribution in [0.1, 0.15) is 72.6 Å². The highest BCUT2D eigenvalue weighted by Crippen LogP contribution is 2.55. The molecule has 0 aromatic carbocycles. The molecule has 5 atom stereocenters. The monoisotopic (exact) mass is 348 g/mol. The van der Waals surface area contributed by atoms with Crippen LogP contribution in [0.5, 0.6) is 0 Å². The molecule has 1 fully saturated rings. The first-order chi connectivity index (χ1) is 11.6. The number of hydrogen-bond donors (Lipinski definition) is 2. The van der Waals surface area contributed by atoms with Gasteiger partial charge < -0.3 is 14.9 Å². The van der Waals surface area contributed by atoms with Crippen LogP contribution in [0.3, 0.4) is 0 Å². The van der Waals surface area contributed by atoms with E-state index in [9.17, 15) is 15.0 Å². The minimum absolute atomic E-state index is 0.115. The number of carbonyl (C=O) groups excluding carboxylic acids is 1. The van der Waals surface area contributed by atoms with Gasteiger partial charge in [-0.05, 0) is 72.1 Å². The van der Waals surface area contributed by atoms with Crippen LogP contribution in [0.4, 0.5) is 0 Å². The van der Waals surface area contributed by atoms with Gasteiger partial charge in [0.25, 0.3) is 0 Å². The summed E-state index contributed by atoms with van der Waals surface area (Å²) in [5.74, 6) is 0.864. The summed E-state index contributed by atoms with van der Waals surface area (Å²) in [7, 11) is 0. The van der Waals surface area contributed by atoms with Gasteiger partial charge in [0.05, 0.1) is 5.60 Å². The Labute approximate surface area is 151 Å². The summed E-state index contributed by atoms with van der Waals surface area (Å²) < 4.78 is 6.31. The molecule has 0 amide bonds. The fourth-order valence-electron chi connectivity index (χ4n) is 5.04. The van der Waals surface area contributed by atoms with Crippen molar-refractivity contribution in [3.05, 3.63) is 23.0 Å². The number of aliphatic hydroxyl groups is 2. The summed E-state index contributed by atoms with van der Waals surface area (Å²) >= 11 is 0. The molecule has 2 N–H and O–H groups in total. The van der Waals surface area contributed by atoms with Crippen LogP contribution in [0.25, 0.3) is 0 Å². The molecule has 0 bridgehead atoms. The van der Waals surface area contributed by atoms with Gasteiger partial charge in [-0.2, -0.15) is 0 Å². The van der Waals surface area contributed by atoms with E-state index >= 15 is 0 Å². The van der Waals surface area contributed by atoms with E-state index in [2.05, 4.69) is 26.8 Å². The number of ketones is 1. The van der Waals surface area contributed by atoms with Gasteiger partial charge in [0.15, 0.2) is 5.78 Å². The predicted molar refractivity (Wildman–Crippen MR) is 96.9 cm³/mol. The van der Waals surface area contributed by atoms with E-state index in [-0.39, 0.29) is 23.2 Å². The zero-order chi connectivity index (χ0) is 18.4. The molecule has 3 rings (SSSR count). The van der Waals surface area contributed by atoms with Crippen LogP contribution in [0.15, 0.2) is 23.0 Å². The Balaban J connectivity index is 1.81. The molecule has 0 radical (unpaired) electrons. The Kier molecular flexibility index (Phi) is 4.89. The summed E-state index contributed by atoms with van der Waals surface area (Å²) in [4.78, 5) is 12.4. The van der Waals surface area contributed by atoms with Crippen molar-refractivity contribution >= 4 is 5.78 Å². The maximum atomic E-state index is 12.4. The van der Waals surface area contributed by atoms with Crippen molar-refractivity contribution in [2.45, 2.75) is 89.9 Å². The molecule has 3 aliphatic rings. The lowest BCUT2D eigenvalue weighted by Gasteiger charge is -2.45. The minimum Gasteiger partial charge on any atom is -0.491 e. The Bertz CT molecular complexity index is 611. The number of hydrogen-bond acceptors (Lipinski definition) is 4. The van der Waals surface area contributed by atoms with Gasteiger partial charge in [-0.1, -0.05) is 11.6 Å². The molecule has 140 valence electrons. The number of Topliss-reactive ketones (excluding diaryl/α,β-unsaturated/α-hetero) is 1. The van der Waals surface area contributed by atoms with E-state index < -0.39 is 11.7 Å². The molecule has 0 saturated heterocycles. The molecule has 4 nitrogen and oxygen atoms in total. The van der Waals surface area contributed by atoms with Crippen molar-refractivity contribution < 1.29 is 19.7 Å². The summed E-state index contributed by atoms with van der Waals surface area (Å²) in [6.45, 7) is 8.21. The van der Waals surface area contributed by atoms with Crippen LogP contribution < -0.4 is 0 Å². The normalized spacial score (nSPS) is 37.0. The Morgan fingerprint density at radius 1 is 1.40 bits per heavy atom. The second-order valence-corrected chi connectivity index (χ2v) is 8.87. The van der Waals surface area contributed by atoms with E-state index in [0.29, 0.717) is 24.8 Å². The second-order valence-electron chi connectivity index (χ2n) is 8.87. The van der Waals surface area contributed by atoms with Crippen molar-refractivity contribution in [2.24, 2.45) is 11.8 Å². The highest BCUT2D eigenvalue weighted by atomic mass is 16.5. The predicted octanol–water partition coefficient (Wildman–Crippen LogP) is 3.67. The molecule has 25 heavy (non-hydrogen) atoms. The fraction of sp³-hybridized carbons (Fsp3) is 0.762. The summed E-state index contributed by atoms with van der Waals surface area (Å²) in [5, 5.41) is 21.1. The Morgan fingerprint density at radius 3 is 2.80 bits per heavy atom. The standard InChI is InChI=1S/C21H32O4/c1-13(2)6-5-10-20(3,24)15-9-11-21(4)16(15)12-14-18(25-21)8-7-17(22)19(14)23/h6,15-17,22,24H,5,7-12H2,1-4H3/t15-,16+,17-,20+,21-/m1/s1. The summed E-state index contributed by atoms with van der Waals surface area (Å²) in [5.41, 5.74) is 0.872. The lowest BCUT2D eigenvalue weighted by Crippen LogP contribution is -2.47. The van der Waals surface area contributed by atoms with Crippen LogP contribution in [0, 0.1) is 11.8 Å². The van der Waals surface area contributed by atoms with Crippen molar-refractivity contribution in [1.29, 1.82) is 0 Å². The topological polar surface area (TPSA) is 66.8 Å². The van der Waals surface area contributed by atoms with E-state index in [1.807, 2.05) is 6.92 Å². The number of aliphatic hydroxyl groups excluding tert-OH is 1. The number of carbonyl (C=O) groups is 1. The van der Waals surface area contributed by atoms with Crippen molar-refractivity contribution in [2.75, 3.05) is 0 Å². The largest absolute Gasteiger partial charge is 0.491 e. The average molecular weight is 348 g/mol. The molecule has 0 spiro atoms. The first-order valence-electron chi connectivity index (χ1n) is 9.63. The van der Waals surface area contributed by atoms with E-state index in [1.54, 1.807) is 0 Å². The first-order valence-corrected chi connectivity index (χ1v) is 9.63. The number of ether oxygens (including phenoxy) is 1. The third-order valence-electron chi connectivity index (χ3n) is 6.59. The fourth-order valence-corrected chi connectivity index (χ4v) is 5.04. The SMILES string of the molecule is CC(C)=CCC[C@](C)(O)[C@@H]1CC[C@@]2(C)OC3=C(C[C@@H]12)C(=O)[C@H](O)CC3. The van der Waals surface area contributed by atoms with E-state index in [1.165, 1.54) is 5.57 Å². The number of rotatable bonds is 4. The lowest BCUT2D eigenvalue weighted by atomic mass is 9.70. The van der Waals surface area contributed by atoms with Gasteiger partial charge >= 0.3 is 0 Å². The van der Waals surface area contributed by atoms with Gasteiger partial charge in [0.2, 0.25) is 0 Å². The summed E-state index contributed by atoms with van der Waals surface area (Å²) in [6.07, 6.45) is 6.43. The zero-order valence-electron chi connectivity index (χ0n) is 16.0. The molecular formula is C21H32O4. The minimum atomic E-state index is -0.885. The second kappa shape index (κ2) is 6.55. The summed E-state index contributed by atoms with van der Waals surface area (Å²) in [6, 6.07) is 0. The Morgan fingerprint density at radius 2 is 2.12 bits per heavy atom. The van der Waals surface area contributed by atoms with Gasteiger partial charge in [-0.25, -0.2) is 0 Å². The first kappa shape index (κ1) is 18.7. The molecule has 1 aliphatic heterocycles. The van der Waals surface area contributed by atoms with Crippen LogP contribution in [-0.2, 0) is 9.53 Å². The number of allylic oxidation sites excluding steroid dienone is 3. The maximum absolute atomic E-state index is 12.4. The van der Waals surface area contributed by atoms with Crippen molar-refractivity contribution in [3.63, 3.8) is 0 Å². The van der Waals surface area contributed by atoms with Gasteiger partial charge in [-0.3, -0.25) is 4.79 Å². The molecule has 1 saturated carbocycles. The third kappa shape index (κ3) is 3.43.